The smallest absolute Gasteiger partial charge is 0.246 e. The van der Waals surface area contributed by atoms with E-state index in [1.807, 2.05) is 30.3 Å². The van der Waals surface area contributed by atoms with Gasteiger partial charge in [-0.1, -0.05) is 30.3 Å². The largest absolute Gasteiger partial charge is 0.394 e. The summed E-state index contributed by atoms with van der Waals surface area (Å²) in [7, 11) is 0. The van der Waals surface area contributed by atoms with Crippen molar-refractivity contribution in [2.75, 3.05) is 26.4 Å². The molecule has 0 saturated carbocycles. The number of aliphatic hydroxyl groups is 1. The van der Waals surface area contributed by atoms with Gasteiger partial charge in [-0.2, -0.15) is 0 Å². The average molecular weight is 252 g/mol. The summed E-state index contributed by atoms with van der Waals surface area (Å²) in [5.74, 6) is -0.238. The Balaban J connectivity index is 2.35. The second-order valence-electron chi connectivity index (χ2n) is 3.98. The molecular formula is C13H20N2O3. The fraction of sp³-hybridized carbons (Fsp3) is 0.462. The third-order valence-corrected chi connectivity index (χ3v) is 2.41. The molecule has 1 aromatic carbocycles. The Morgan fingerprint density at radius 2 is 2.11 bits per heavy atom. The number of rotatable bonds is 8. The Labute approximate surface area is 107 Å². The highest BCUT2D eigenvalue weighted by Gasteiger charge is 2.11. The maximum absolute atomic E-state index is 11.5. The number of hydrogen-bond donors (Lipinski definition) is 3. The van der Waals surface area contributed by atoms with Crippen molar-refractivity contribution < 1.29 is 14.6 Å². The van der Waals surface area contributed by atoms with Gasteiger partial charge in [0.25, 0.3) is 0 Å². The van der Waals surface area contributed by atoms with Crippen molar-refractivity contribution in [2.24, 2.45) is 5.73 Å². The molecule has 0 bridgehead atoms. The van der Waals surface area contributed by atoms with Gasteiger partial charge in [0.15, 0.2) is 0 Å². The zero-order valence-electron chi connectivity index (χ0n) is 10.3. The Morgan fingerprint density at radius 1 is 1.39 bits per heavy atom. The molecule has 1 unspecified atom stereocenters. The summed E-state index contributed by atoms with van der Waals surface area (Å²) in [6.07, 6.45) is 0.597. The Kier molecular flexibility index (Phi) is 7.01. The molecule has 1 rings (SSSR count). The highest BCUT2D eigenvalue weighted by Crippen LogP contribution is 2.02. The van der Waals surface area contributed by atoms with Gasteiger partial charge >= 0.3 is 0 Å². The molecule has 1 amide bonds. The quantitative estimate of drug-likeness (QED) is 0.554. The van der Waals surface area contributed by atoms with Crippen molar-refractivity contribution in [1.29, 1.82) is 0 Å². The molecule has 0 aliphatic rings. The first kappa shape index (κ1) is 14.6. The van der Waals surface area contributed by atoms with Gasteiger partial charge in [0, 0.05) is 6.54 Å². The minimum Gasteiger partial charge on any atom is -0.394 e. The zero-order chi connectivity index (χ0) is 13.2. The van der Waals surface area contributed by atoms with E-state index >= 15 is 0 Å². The predicted octanol–water partition coefficient (Wildman–Crippen LogP) is -0.318. The number of aliphatic hydroxyl groups excluding tert-OH is 1. The second-order valence-corrected chi connectivity index (χ2v) is 3.98. The minimum atomic E-state index is -0.290. The minimum absolute atomic E-state index is 0.0253. The number of carbonyl (C=O) groups excluding carboxylic acids is 1. The molecule has 0 aliphatic heterocycles. The Morgan fingerprint density at radius 3 is 2.72 bits per heavy atom. The van der Waals surface area contributed by atoms with Crippen LogP contribution in [0.25, 0.3) is 0 Å². The van der Waals surface area contributed by atoms with Crippen LogP contribution in [0.15, 0.2) is 30.3 Å². The van der Waals surface area contributed by atoms with E-state index in [2.05, 4.69) is 5.32 Å². The molecule has 0 heterocycles. The molecule has 0 spiro atoms. The van der Waals surface area contributed by atoms with Gasteiger partial charge in [-0.05, 0) is 12.0 Å². The number of hydrogen-bond acceptors (Lipinski definition) is 4. The lowest BCUT2D eigenvalue weighted by Crippen LogP contribution is -2.41. The summed E-state index contributed by atoms with van der Waals surface area (Å²) in [5, 5.41) is 12.0. The first-order valence-electron chi connectivity index (χ1n) is 5.98. The first-order chi connectivity index (χ1) is 8.76. The third kappa shape index (κ3) is 5.77. The molecule has 1 aromatic rings. The topological polar surface area (TPSA) is 84.6 Å². The van der Waals surface area contributed by atoms with Crippen molar-refractivity contribution in [1.82, 2.24) is 5.32 Å². The van der Waals surface area contributed by atoms with Crippen molar-refractivity contribution in [3.8, 4) is 0 Å². The van der Waals surface area contributed by atoms with Crippen LogP contribution in [-0.2, 0) is 16.0 Å². The van der Waals surface area contributed by atoms with Gasteiger partial charge in [0.1, 0.15) is 6.61 Å². The summed E-state index contributed by atoms with van der Waals surface area (Å²) < 4.78 is 5.02. The summed E-state index contributed by atoms with van der Waals surface area (Å²) in [6.45, 7) is 0.622. The summed E-state index contributed by atoms with van der Waals surface area (Å²) in [5.41, 5.74) is 6.32. The molecule has 0 aromatic heterocycles. The second kappa shape index (κ2) is 8.63. The van der Waals surface area contributed by atoms with Gasteiger partial charge in [-0.25, -0.2) is 0 Å². The summed E-state index contributed by atoms with van der Waals surface area (Å²) in [6, 6.07) is 9.41. The highest BCUT2D eigenvalue weighted by atomic mass is 16.5. The molecule has 4 N–H and O–H groups in total. The van der Waals surface area contributed by atoms with E-state index in [0.29, 0.717) is 19.6 Å². The van der Waals surface area contributed by atoms with Crippen LogP contribution < -0.4 is 11.1 Å². The van der Waals surface area contributed by atoms with E-state index in [1.165, 1.54) is 0 Å². The van der Waals surface area contributed by atoms with E-state index < -0.39 is 0 Å². The van der Waals surface area contributed by atoms with Gasteiger partial charge in [-0.3, -0.25) is 4.79 Å². The molecule has 18 heavy (non-hydrogen) atoms. The molecule has 0 fully saturated rings. The summed E-state index contributed by atoms with van der Waals surface area (Å²) in [4.78, 5) is 11.5. The normalized spacial score (nSPS) is 12.1. The lowest BCUT2D eigenvalue weighted by atomic mass is 10.1. The number of nitrogens with one attached hydrogen (secondary N) is 1. The number of amides is 1. The standard InChI is InChI=1S/C13H20N2O3/c14-6-7-18-10-13(17)15-12(9-16)8-11-4-2-1-3-5-11/h1-5,12,16H,6-10,14H2,(H,15,17). The molecule has 5 nitrogen and oxygen atoms in total. The van der Waals surface area contributed by atoms with Crippen LogP contribution in [-0.4, -0.2) is 43.4 Å². The summed E-state index contributed by atoms with van der Waals surface area (Å²) >= 11 is 0. The van der Waals surface area contributed by atoms with Crippen LogP contribution >= 0.6 is 0 Å². The maximum atomic E-state index is 11.5. The SMILES string of the molecule is NCCOCC(=O)NC(CO)Cc1ccccc1. The van der Waals surface area contributed by atoms with E-state index in [4.69, 9.17) is 10.5 Å². The lowest BCUT2D eigenvalue weighted by Gasteiger charge is -2.16. The Hall–Kier alpha value is -1.43. The van der Waals surface area contributed by atoms with Gasteiger partial charge in [0.05, 0.1) is 19.3 Å². The van der Waals surface area contributed by atoms with Crippen LogP contribution in [0.5, 0.6) is 0 Å². The van der Waals surface area contributed by atoms with Crippen molar-refractivity contribution in [3.05, 3.63) is 35.9 Å². The predicted molar refractivity (Wildman–Crippen MR) is 69.0 cm³/mol. The van der Waals surface area contributed by atoms with Gasteiger partial charge in [-0.15, -0.1) is 0 Å². The molecule has 5 heteroatoms. The molecule has 0 aliphatic carbocycles. The molecular weight excluding hydrogens is 232 g/mol. The van der Waals surface area contributed by atoms with E-state index in [0.717, 1.165) is 5.56 Å². The Bertz CT molecular complexity index is 343. The average Bonchev–Trinajstić information content (AvgIpc) is 2.39. The van der Waals surface area contributed by atoms with Crippen LogP contribution in [0.1, 0.15) is 5.56 Å². The van der Waals surface area contributed by atoms with E-state index in [-0.39, 0.29) is 25.2 Å². The van der Waals surface area contributed by atoms with Crippen LogP contribution in [0.3, 0.4) is 0 Å². The van der Waals surface area contributed by atoms with E-state index in [9.17, 15) is 9.90 Å². The monoisotopic (exact) mass is 252 g/mol. The third-order valence-electron chi connectivity index (χ3n) is 2.41. The first-order valence-corrected chi connectivity index (χ1v) is 5.98. The van der Waals surface area contributed by atoms with Gasteiger partial charge < -0.3 is 20.9 Å². The van der Waals surface area contributed by atoms with Crippen LogP contribution in [0.4, 0.5) is 0 Å². The molecule has 0 saturated heterocycles. The molecule has 0 radical (unpaired) electrons. The van der Waals surface area contributed by atoms with Gasteiger partial charge in [0.2, 0.25) is 5.91 Å². The number of nitrogens with two attached hydrogens (primary N) is 1. The highest BCUT2D eigenvalue weighted by molar-refractivity contribution is 5.77. The fourth-order valence-electron chi connectivity index (χ4n) is 1.58. The number of benzene rings is 1. The van der Waals surface area contributed by atoms with Crippen molar-refractivity contribution in [3.63, 3.8) is 0 Å². The van der Waals surface area contributed by atoms with Crippen LogP contribution in [0.2, 0.25) is 0 Å². The molecule has 1 atom stereocenters. The van der Waals surface area contributed by atoms with Crippen molar-refractivity contribution >= 4 is 5.91 Å². The zero-order valence-corrected chi connectivity index (χ0v) is 10.3. The van der Waals surface area contributed by atoms with Crippen molar-refractivity contribution in [2.45, 2.75) is 12.5 Å². The van der Waals surface area contributed by atoms with Crippen LogP contribution in [0, 0.1) is 0 Å². The maximum Gasteiger partial charge on any atom is 0.246 e. The fourth-order valence-corrected chi connectivity index (χ4v) is 1.58. The number of carbonyl (C=O) groups is 1. The van der Waals surface area contributed by atoms with E-state index in [1.54, 1.807) is 0 Å². The lowest BCUT2D eigenvalue weighted by molar-refractivity contribution is -0.126. The molecule has 100 valence electrons. The number of ether oxygens (including phenoxy) is 1.